The van der Waals surface area contributed by atoms with Crippen molar-refractivity contribution in [3.05, 3.63) is 0 Å². The molecule has 0 fully saturated rings. The van der Waals surface area contributed by atoms with Crippen LogP contribution in [-0.4, -0.2) is 96.7 Å². The lowest BCUT2D eigenvalue weighted by Crippen LogP contribution is -2.30. The minimum atomic E-state index is -4.96. The van der Waals surface area contributed by atoms with Crippen molar-refractivity contribution in [1.29, 1.82) is 0 Å². The number of ether oxygens (including phenoxy) is 4. The minimum absolute atomic E-state index is 0.108. The molecule has 0 saturated carbocycles. The van der Waals surface area contributed by atoms with Gasteiger partial charge in [0.15, 0.2) is 12.2 Å². The van der Waals surface area contributed by atoms with Gasteiger partial charge in [0.05, 0.1) is 26.4 Å². The first-order valence-electron chi connectivity index (χ1n) is 39.1. The second-order valence-electron chi connectivity index (χ2n) is 27.5. The summed E-state index contributed by atoms with van der Waals surface area (Å²) in [4.78, 5) is 72.8. The van der Waals surface area contributed by atoms with E-state index in [0.717, 1.165) is 95.8 Å². The number of carbonyl (C=O) groups is 4. The zero-order chi connectivity index (χ0) is 69.1. The van der Waals surface area contributed by atoms with Crippen LogP contribution in [-0.2, 0) is 65.4 Å². The van der Waals surface area contributed by atoms with Gasteiger partial charge in [-0.3, -0.25) is 37.3 Å². The molecule has 0 aliphatic heterocycles. The molecule has 5 atom stereocenters. The van der Waals surface area contributed by atoms with Crippen LogP contribution in [0.1, 0.15) is 394 Å². The molecule has 0 heterocycles. The molecule has 0 radical (unpaired) electrons. The van der Waals surface area contributed by atoms with E-state index in [0.29, 0.717) is 25.7 Å². The average Bonchev–Trinajstić information content (AvgIpc) is 2.67. The van der Waals surface area contributed by atoms with Gasteiger partial charge in [0.25, 0.3) is 0 Å². The Hall–Kier alpha value is -1.94. The predicted molar refractivity (Wildman–Crippen MR) is 382 cm³/mol. The number of esters is 4. The standard InChI is InChI=1S/C75H146O17P2/c1-6-9-12-15-18-21-24-26-30-35-39-44-49-54-59-73(78)86-65-71(92-75(80)61-56-51-46-41-36-31-28-27-29-33-37-42-47-52-57-68(4)5)67-90-94(83,84)88-63-69(76)62-87-93(81,82)89-66-70(64-85-72(77)58-53-48-43-38-32-23-20-17-14-11-8-3)91-74(79)60-55-50-45-40-34-25-22-19-16-13-10-7-2/h68-71,76H,6-67H2,1-5H3,(H,81,82)(H,83,84)/t69-,70+,71+/m0/s1. The van der Waals surface area contributed by atoms with E-state index in [1.165, 1.54) is 218 Å². The third-order valence-electron chi connectivity index (χ3n) is 17.5. The number of phosphoric ester groups is 2. The lowest BCUT2D eigenvalue weighted by Gasteiger charge is -2.21. The molecule has 0 amide bonds. The van der Waals surface area contributed by atoms with Gasteiger partial charge in [-0.05, 0) is 31.6 Å². The van der Waals surface area contributed by atoms with Crippen molar-refractivity contribution in [2.75, 3.05) is 39.6 Å². The number of rotatable bonds is 75. The molecule has 0 bridgehead atoms. The first-order chi connectivity index (χ1) is 45.5. The Morgan fingerprint density at radius 2 is 0.489 bits per heavy atom. The summed E-state index contributed by atoms with van der Waals surface area (Å²) in [5, 5.41) is 10.6. The van der Waals surface area contributed by atoms with Crippen LogP contribution < -0.4 is 0 Å². The zero-order valence-corrected chi connectivity index (χ0v) is 62.9. The number of unbranched alkanes of at least 4 members (excludes halogenated alkanes) is 47. The summed E-state index contributed by atoms with van der Waals surface area (Å²) < 4.78 is 68.5. The summed E-state index contributed by atoms with van der Waals surface area (Å²) in [6, 6.07) is 0. The van der Waals surface area contributed by atoms with Crippen molar-refractivity contribution in [2.45, 2.75) is 412 Å². The molecule has 0 aliphatic carbocycles. The summed E-state index contributed by atoms with van der Waals surface area (Å²) in [5.41, 5.74) is 0. The van der Waals surface area contributed by atoms with Gasteiger partial charge >= 0.3 is 39.5 Å². The van der Waals surface area contributed by atoms with Crippen LogP contribution in [0.4, 0.5) is 0 Å². The molecule has 94 heavy (non-hydrogen) atoms. The highest BCUT2D eigenvalue weighted by Gasteiger charge is 2.30. The first kappa shape index (κ1) is 92.1. The zero-order valence-electron chi connectivity index (χ0n) is 61.1. The van der Waals surface area contributed by atoms with E-state index in [9.17, 15) is 43.2 Å². The van der Waals surface area contributed by atoms with E-state index in [-0.39, 0.29) is 25.7 Å². The summed E-state index contributed by atoms with van der Waals surface area (Å²) in [5.74, 6) is -1.32. The van der Waals surface area contributed by atoms with Crippen molar-refractivity contribution < 1.29 is 80.2 Å². The molecule has 0 rings (SSSR count). The molecule has 0 aromatic carbocycles. The van der Waals surface area contributed by atoms with Crippen LogP contribution in [0.2, 0.25) is 0 Å². The molecule has 0 aromatic heterocycles. The van der Waals surface area contributed by atoms with Crippen LogP contribution in [0, 0.1) is 5.92 Å². The Morgan fingerprint density at radius 3 is 0.723 bits per heavy atom. The van der Waals surface area contributed by atoms with Crippen LogP contribution in [0.25, 0.3) is 0 Å². The third-order valence-corrected chi connectivity index (χ3v) is 19.4. The molecule has 0 spiro atoms. The molecule has 2 unspecified atom stereocenters. The van der Waals surface area contributed by atoms with Crippen LogP contribution in [0.15, 0.2) is 0 Å². The van der Waals surface area contributed by atoms with E-state index < -0.39 is 97.5 Å². The Balaban J connectivity index is 5.25. The second-order valence-corrected chi connectivity index (χ2v) is 30.4. The number of aliphatic hydroxyl groups is 1. The fourth-order valence-electron chi connectivity index (χ4n) is 11.5. The summed E-state index contributed by atoms with van der Waals surface area (Å²) in [6.45, 7) is 7.31. The third kappa shape index (κ3) is 68.6. The minimum Gasteiger partial charge on any atom is -0.462 e. The van der Waals surface area contributed by atoms with E-state index in [1.807, 2.05) is 0 Å². The summed E-state index contributed by atoms with van der Waals surface area (Å²) >= 11 is 0. The van der Waals surface area contributed by atoms with Gasteiger partial charge < -0.3 is 33.8 Å². The van der Waals surface area contributed by atoms with Crippen molar-refractivity contribution in [1.82, 2.24) is 0 Å². The second kappa shape index (κ2) is 68.2. The van der Waals surface area contributed by atoms with Gasteiger partial charge in [-0.15, -0.1) is 0 Å². The van der Waals surface area contributed by atoms with E-state index in [2.05, 4.69) is 34.6 Å². The maximum Gasteiger partial charge on any atom is 0.472 e. The Morgan fingerprint density at radius 1 is 0.287 bits per heavy atom. The molecule has 3 N–H and O–H groups in total. The molecule has 17 nitrogen and oxygen atoms in total. The predicted octanol–water partition coefficient (Wildman–Crippen LogP) is 22.1. The fourth-order valence-corrected chi connectivity index (χ4v) is 13.1. The maximum atomic E-state index is 13.1. The highest BCUT2D eigenvalue weighted by atomic mass is 31.2. The fraction of sp³-hybridized carbons (Fsp3) is 0.947. The number of aliphatic hydroxyl groups excluding tert-OH is 1. The number of phosphoric acid groups is 2. The van der Waals surface area contributed by atoms with Gasteiger partial charge in [0, 0.05) is 25.7 Å². The van der Waals surface area contributed by atoms with Crippen LogP contribution >= 0.6 is 15.6 Å². The largest absolute Gasteiger partial charge is 0.472 e. The number of hydrogen-bond acceptors (Lipinski definition) is 15. The molecule has 0 saturated heterocycles. The first-order valence-corrected chi connectivity index (χ1v) is 42.1. The molecular formula is C75H146O17P2. The SMILES string of the molecule is CCCCCCCCCCCCCCCCC(=O)OC[C@H](COP(=O)(O)OC[C@@H](O)COP(=O)(O)OC[C@@H](COC(=O)CCCCCCCCCCCCC)OC(=O)CCCCCCCCCCCCCC)OC(=O)CCCCCCCCCCCCCCCCC(C)C. The smallest absolute Gasteiger partial charge is 0.462 e. The van der Waals surface area contributed by atoms with Gasteiger partial charge in [0.1, 0.15) is 19.3 Å². The van der Waals surface area contributed by atoms with Crippen molar-refractivity contribution in [2.24, 2.45) is 5.92 Å². The molecule has 19 heteroatoms. The van der Waals surface area contributed by atoms with Crippen molar-refractivity contribution in [3.63, 3.8) is 0 Å². The Kier molecular flexibility index (Phi) is 66.8. The highest BCUT2D eigenvalue weighted by molar-refractivity contribution is 7.47. The van der Waals surface area contributed by atoms with Gasteiger partial charge in [-0.1, -0.05) is 343 Å². The quantitative estimate of drug-likeness (QED) is 0.0222. The highest BCUT2D eigenvalue weighted by Crippen LogP contribution is 2.45. The lowest BCUT2D eigenvalue weighted by molar-refractivity contribution is -0.161. The topological polar surface area (TPSA) is 237 Å². The van der Waals surface area contributed by atoms with E-state index >= 15 is 0 Å². The van der Waals surface area contributed by atoms with Crippen molar-refractivity contribution >= 4 is 39.5 Å². The number of hydrogen-bond donors (Lipinski definition) is 3. The number of carbonyl (C=O) groups excluding carboxylic acids is 4. The van der Waals surface area contributed by atoms with Crippen molar-refractivity contribution in [3.8, 4) is 0 Å². The lowest BCUT2D eigenvalue weighted by atomic mass is 10.0. The van der Waals surface area contributed by atoms with E-state index in [1.54, 1.807) is 0 Å². The van der Waals surface area contributed by atoms with Gasteiger partial charge in [0.2, 0.25) is 0 Å². The Bertz CT molecular complexity index is 1810. The summed E-state index contributed by atoms with van der Waals surface area (Å²) in [6.07, 6.45) is 56.6. The van der Waals surface area contributed by atoms with Gasteiger partial charge in [-0.2, -0.15) is 0 Å². The molecule has 558 valence electrons. The summed E-state index contributed by atoms with van der Waals surface area (Å²) in [7, 11) is -9.91. The van der Waals surface area contributed by atoms with Crippen LogP contribution in [0.5, 0.6) is 0 Å². The maximum absolute atomic E-state index is 13.1. The monoisotopic (exact) mass is 1380 g/mol. The normalized spacial score (nSPS) is 14.0. The molecular weight excluding hydrogens is 1230 g/mol. The van der Waals surface area contributed by atoms with Crippen LogP contribution in [0.3, 0.4) is 0 Å². The average molecular weight is 1380 g/mol. The van der Waals surface area contributed by atoms with E-state index in [4.69, 9.17) is 37.0 Å². The van der Waals surface area contributed by atoms with Gasteiger partial charge in [-0.25, -0.2) is 9.13 Å². The molecule has 0 aliphatic rings. The molecule has 0 aromatic rings. The Labute approximate surface area is 575 Å².